The first-order valence-electron chi connectivity index (χ1n) is 7.17. The molecular weight excluding hydrogens is 369 g/mol. The number of rotatable bonds is 7. The van der Waals surface area contributed by atoms with Gasteiger partial charge in [-0.25, -0.2) is 0 Å². The molecule has 0 saturated carbocycles. The van der Waals surface area contributed by atoms with Gasteiger partial charge in [0.1, 0.15) is 0 Å². The lowest BCUT2D eigenvalue weighted by molar-refractivity contribution is -0.123. The summed E-state index contributed by atoms with van der Waals surface area (Å²) in [6.07, 6.45) is 0. The van der Waals surface area contributed by atoms with E-state index in [0.717, 1.165) is 4.88 Å². The Kier molecular flexibility index (Phi) is 7.05. The van der Waals surface area contributed by atoms with Gasteiger partial charge in [-0.1, -0.05) is 35.3 Å². The van der Waals surface area contributed by atoms with Crippen molar-refractivity contribution in [2.24, 2.45) is 0 Å². The highest BCUT2D eigenvalue weighted by molar-refractivity contribution is 7.09. The number of halogens is 2. The first-order valence-corrected chi connectivity index (χ1v) is 8.80. The van der Waals surface area contributed by atoms with Gasteiger partial charge in [-0.05, 0) is 30.6 Å². The standard InChI is InChI=1S/C16H17Cl2N3O2S/c1-21(9-14(22)19-8-11-4-3-7-24-11)10-15(23)20-16-12(17)5-2-6-13(16)18/h2-7H,8-10H2,1H3,(H,19,22)(H,20,23). The Labute approximate surface area is 154 Å². The number of amides is 2. The summed E-state index contributed by atoms with van der Waals surface area (Å²) in [6, 6.07) is 8.87. The zero-order valence-electron chi connectivity index (χ0n) is 13.0. The monoisotopic (exact) mass is 385 g/mol. The van der Waals surface area contributed by atoms with Crippen LogP contribution in [-0.2, 0) is 16.1 Å². The summed E-state index contributed by atoms with van der Waals surface area (Å²) in [7, 11) is 1.69. The molecule has 128 valence electrons. The Hall–Kier alpha value is -1.60. The largest absolute Gasteiger partial charge is 0.350 e. The Morgan fingerprint density at radius 2 is 1.75 bits per heavy atom. The van der Waals surface area contributed by atoms with Crippen LogP contribution in [0.3, 0.4) is 0 Å². The molecule has 1 aromatic carbocycles. The van der Waals surface area contributed by atoms with E-state index in [1.54, 1.807) is 41.5 Å². The topological polar surface area (TPSA) is 61.4 Å². The number of nitrogens with zero attached hydrogens (tertiary/aromatic N) is 1. The van der Waals surface area contributed by atoms with Crippen LogP contribution in [0.15, 0.2) is 35.7 Å². The fourth-order valence-corrected chi connectivity index (χ4v) is 3.13. The minimum Gasteiger partial charge on any atom is -0.350 e. The third kappa shape index (κ3) is 5.79. The predicted molar refractivity (Wildman–Crippen MR) is 98.8 cm³/mol. The van der Waals surface area contributed by atoms with Crippen LogP contribution in [0.4, 0.5) is 5.69 Å². The van der Waals surface area contributed by atoms with Crippen molar-refractivity contribution in [3.8, 4) is 0 Å². The van der Waals surface area contributed by atoms with Gasteiger partial charge in [0.25, 0.3) is 0 Å². The fraction of sp³-hybridized carbons (Fsp3) is 0.250. The van der Waals surface area contributed by atoms with Gasteiger partial charge in [0, 0.05) is 4.88 Å². The van der Waals surface area contributed by atoms with E-state index in [1.165, 1.54) is 0 Å². The Morgan fingerprint density at radius 1 is 1.08 bits per heavy atom. The van der Waals surface area contributed by atoms with E-state index in [2.05, 4.69) is 10.6 Å². The zero-order chi connectivity index (χ0) is 17.5. The molecule has 1 heterocycles. The van der Waals surface area contributed by atoms with E-state index >= 15 is 0 Å². The Balaban J connectivity index is 1.77. The molecule has 0 radical (unpaired) electrons. The molecule has 0 saturated heterocycles. The molecule has 2 rings (SSSR count). The van der Waals surface area contributed by atoms with Crippen molar-refractivity contribution in [3.05, 3.63) is 50.6 Å². The maximum atomic E-state index is 12.1. The summed E-state index contributed by atoms with van der Waals surface area (Å²) in [6.45, 7) is 0.661. The van der Waals surface area contributed by atoms with Gasteiger partial charge in [-0.3, -0.25) is 14.5 Å². The second-order valence-electron chi connectivity index (χ2n) is 5.17. The number of benzene rings is 1. The number of likely N-dealkylation sites (N-methyl/N-ethyl adjacent to an activating group) is 1. The number of carbonyl (C=O) groups is 2. The second kappa shape index (κ2) is 9.03. The van der Waals surface area contributed by atoms with Gasteiger partial charge in [0.05, 0.1) is 35.4 Å². The van der Waals surface area contributed by atoms with Crippen LogP contribution in [0.2, 0.25) is 10.0 Å². The quantitative estimate of drug-likeness (QED) is 0.768. The van der Waals surface area contributed by atoms with E-state index < -0.39 is 0 Å². The SMILES string of the molecule is CN(CC(=O)NCc1cccs1)CC(=O)Nc1c(Cl)cccc1Cl. The molecule has 24 heavy (non-hydrogen) atoms. The average molecular weight is 386 g/mol. The lowest BCUT2D eigenvalue weighted by atomic mass is 10.3. The molecule has 2 aromatic rings. The van der Waals surface area contributed by atoms with Crippen LogP contribution in [0, 0.1) is 0 Å². The van der Waals surface area contributed by atoms with Crippen molar-refractivity contribution in [2.45, 2.75) is 6.54 Å². The van der Waals surface area contributed by atoms with Crippen molar-refractivity contribution >= 4 is 52.0 Å². The first kappa shape index (κ1) is 18.7. The molecule has 2 N–H and O–H groups in total. The van der Waals surface area contributed by atoms with Gasteiger partial charge < -0.3 is 10.6 Å². The molecule has 0 aliphatic carbocycles. The normalized spacial score (nSPS) is 10.7. The molecule has 0 fully saturated rings. The third-order valence-corrected chi connectivity index (χ3v) is 4.60. The van der Waals surface area contributed by atoms with Crippen LogP contribution in [0.1, 0.15) is 4.88 Å². The van der Waals surface area contributed by atoms with Crippen LogP contribution >= 0.6 is 34.5 Å². The molecule has 0 atom stereocenters. The Morgan fingerprint density at radius 3 is 2.38 bits per heavy atom. The number of anilines is 1. The Bertz CT molecular complexity index is 687. The number of para-hydroxylation sites is 1. The molecule has 1 aromatic heterocycles. The molecule has 0 bridgehead atoms. The lowest BCUT2D eigenvalue weighted by Crippen LogP contribution is -2.38. The zero-order valence-corrected chi connectivity index (χ0v) is 15.3. The second-order valence-corrected chi connectivity index (χ2v) is 7.02. The molecule has 8 heteroatoms. The molecular formula is C16H17Cl2N3O2S. The minimum absolute atomic E-state index is 0.0496. The van der Waals surface area contributed by atoms with Crippen LogP contribution in [0.5, 0.6) is 0 Å². The molecule has 2 amide bonds. The van der Waals surface area contributed by atoms with Crippen molar-refractivity contribution in [1.29, 1.82) is 0 Å². The molecule has 5 nitrogen and oxygen atoms in total. The highest BCUT2D eigenvalue weighted by Gasteiger charge is 2.13. The van der Waals surface area contributed by atoms with E-state index in [-0.39, 0.29) is 24.9 Å². The van der Waals surface area contributed by atoms with Gasteiger partial charge in [-0.15, -0.1) is 11.3 Å². The predicted octanol–water partition coefficient (Wildman–Crippen LogP) is 3.24. The van der Waals surface area contributed by atoms with Gasteiger partial charge >= 0.3 is 0 Å². The summed E-state index contributed by atoms with van der Waals surface area (Å²) in [5.74, 6) is -0.437. The minimum atomic E-state index is -0.293. The highest BCUT2D eigenvalue weighted by Crippen LogP contribution is 2.29. The number of nitrogens with one attached hydrogen (secondary N) is 2. The van der Waals surface area contributed by atoms with Crippen LogP contribution < -0.4 is 10.6 Å². The number of thiophene rings is 1. The van der Waals surface area contributed by atoms with Gasteiger partial charge in [0.2, 0.25) is 11.8 Å². The van der Waals surface area contributed by atoms with Crippen molar-refractivity contribution in [2.75, 3.05) is 25.5 Å². The summed E-state index contributed by atoms with van der Waals surface area (Å²) in [4.78, 5) is 26.6. The first-order chi connectivity index (χ1) is 11.5. The third-order valence-electron chi connectivity index (χ3n) is 3.09. The van der Waals surface area contributed by atoms with Crippen molar-refractivity contribution in [3.63, 3.8) is 0 Å². The fourth-order valence-electron chi connectivity index (χ4n) is 2.00. The maximum Gasteiger partial charge on any atom is 0.238 e. The molecule has 0 aliphatic rings. The van der Waals surface area contributed by atoms with E-state index in [0.29, 0.717) is 22.3 Å². The molecule has 0 unspecified atom stereocenters. The number of hydrogen-bond acceptors (Lipinski definition) is 4. The van der Waals surface area contributed by atoms with Gasteiger partial charge in [-0.2, -0.15) is 0 Å². The van der Waals surface area contributed by atoms with E-state index in [1.807, 2.05) is 17.5 Å². The lowest BCUT2D eigenvalue weighted by Gasteiger charge is -2.16. The summed E-state index contributed by atoms with van der Waals surface area (Å²) >= 11 is 13.6. The van der Waals surface area contributed by atoms with E-state index in [4.69, 9.17) is 23.2 Å². The van der Waals surface area contributed by atoms with Gasteiger partial charge in [0.15, 0.2) is 0 Å². The average Bonchev–Trinajstić information content (AvgIpc) is 3.02. The van der Waals surface area contributed by atoms with Crippen molar-refractivity contribution in [1.82, 2.24) is 10.2 Å². The van der Waals surface area contributed by atoms with Crippen LogP contribution in [-0.4, -0.2) is 36.9 Å². The number of hydrogen-bond donors (Lipinski definition) is 2. The highest BCUT2D eigenvalue weighted by atomic mass is 35.5. The van der Waals surface area contributed by atoms with E-state index in [9.17, 15) is 9.59 Å². The molecule has 0 spiro atoms. The summed E-state index contributed by atoms with van der Waals surface area (Å²) < 4.78 is 0. The molecule has 0 aliphatic heterocycles. The van der Waals surface area contributed by atoms with Crippen LogP contribution in [0.25, 0.3) is 0 Å². The smallest absolute Gasteiger partial charge is 0.238 e. The van der Waals surface area contributed by atoms with Crippen molar-refractivity contribution < 1.29 is 9.59 Å². The summed E-state index contributed by atoms with van der Waals surface area (Å²) in [5.41, 5.74) is 0.376. The maximum absolute atomic E-state index is 12.1. The number of carbonyl (C=O) groups excluding carboxylic acids is 2. The summed E-state index contributed by atoms with van der Waals surface area (Å²) in [5, 5.41) is 8.17.